The Labute approximate surface area is 216 Å². The van der Waals surface area contributed by atoms with E-state index in [1.807, 2.05) is 26.8 Å². The molecule has 0 spiro atoms. The first-order chi connectivity index (χ1) is 17.3. The third-order valence-electron chi connectivity index (χ3n) is 6.02. The largest absolute Gasteiger partial charge is 0.496 e. The van der Waals surface area contributed by atoms with Crippen molar-refractivity contribution in [3.8, 4) is 16.9 Å². The van der Waals surface area contributed by atoms with Crippen LogP contribution in [0.4, 0.5) is 14.0 Å². The van der Waals surface area contributed by atoms with Gasteiger partial charge in [-0.2, -0.15) is 0 Å². The predicted molar refractivity (Wildman–Crippen MR) is 138 cm³/mol. The van der Waals surface area contributed by atoms with E-state index in [4.69, 9.17) is 14.2 Å². The first-order valence-electron chi connectivity index (χ1n) is 12.3. The zero-order valence-corrected chi connectivity index (χ0v) is 22.4. The van der Waals surface area contributed by atoms with Gasteiger partial charge in [0.15, 0.2) is 0 Å². The Hall–Kier alpha value is -3.62. The van der Waals surface area contributed by atoms with Gasteiger partial charge in [0, 0.05) is 41.8 Å². The summed E-state index contributed by atoms with van der Waals surface area (Å²) >= 11 is 0. The van der Waals surface area contributed by atoms with Crippen LogP contribution < -0.4 is 4.74 Å². The molecular weight excluding hydrogens is 477 g/mol. The van der Waals surface area contributed by atoms with Crippen LogP contribution in [0, 0.1) is 5.82 Å². The van der Waals surface area contributed by atoms with Gasteiger partial charge in [-0.05, 0) is 83.9 Å². The molecule has 1 atom stereocenters. The Morgan fingerprint density at radius 2 is 1.65 bits per heavy atom. The van der Waals surface area contributed by atoms with Crippen molar-refractivity contribution in [2.75, 3.05) is 20.2 Å². The lowest BCUT2D eigenvalue weighted by Gasteiger charge is -2.24. The molecule has 2 aromatic heterocycles. The SMILES string of the molecule is COc1ccc(F)cc1-c1ccnc2c1cc(C1CCN(C(=O)OC(C)(C)C)C1)n2C(=O)OC(C)(C)C. The van der Waals surface area contributed by atoms with Crippen molar-refractivity contribution < 1.29 is 28.2 Å². The van der Waals surface area contributed by atoms with Crippen LogP contribution in [-0.2, 0) is 9.47 Å². The van der Waals surface area contributed by atoms with Gasteiger partial charge >= 0.3 is 12.2 Å². The van der Waals surface area contributed by atoms with Crippen LogP contribution in [0.2, 0.25) is 0 Å². The van der Waals surface area contributed by atoms with E-state index in [-0.39, 0.29) is 5.92 Å². The molecule has 198 valence electrons. The molecule has 0 bridgehead atoms. The summed E-state index contributed by atoms with van der Waals surface area (Å²) in [6, 6.07) is 7.96. The maximum Gasteiger partial charge on any atom is 0.420 e. The summed E-state index contributed by atoms with van der Waals surface area (Å²) in [6.45, 7) is 11.7. The van der Waals surface area contributed by atoms with Gasteiger partial charge < -0.3 is 19.1 Å². The van der Waals surface area contributed by atoms with Crippen LogP contribution in [-0.4, -0.2) is 58.0 Å². The standard InChI is InChI=1S/C28H34FN3O5/c1-27(2,3)36-25(33)31-13-11-17(16-31)22-15-21-19(20-14-18(29)8-9-23(20)35-7)10-12-30-24(21)32(22)26(34)37-28(4,5)6/h8-10,12,14-15,17H,11,13,16H2,1-7H3. The van der Waals surface area contributed by atoms with Gasteiger partial charge in [-0.25, -0.2) is 23.5 Å². The number of fused-ring (bicyclic) bond motifs is 1. The van der Waals surface area contributed by atoms with Gasteiger partial charge in [-0.1, -0.05) is 0 Å². The number of likely N-dealkylation sites (tertiary alicyclic amines) is 1. The summed E-state index contributed by atoms with van der Waals surface area (Å²) in [4.78, 5) is 32.3. The molecule has 1 fully saturated rings. The number of hydrogen-bond acceptors (Lipinski definition) is 6. The van der Waals surface area contributed by atoms with Gasteiger partial charge in [-0.15, -0.1) is 0 Å². The van der Waals surface area contributed by atoms with Crippen LogP contribution in [0.25, 0.3) is 22.2 Å². The number of benzene rings is 1. The summed E-state index contributed by atoms with van der Waals surface area (Å²) in [5.41, 5.74) is 0.946. The van der Waals surface area contributed by atoms with Gasteiger partial charge in [0.2, 0.25) is 0 Å². The predicted octanol–water partition coefficient (Wildman–Crippen LogP) is 6.36. The molecule has 37 heavy (non-hydrogen) atoms. The Balaban J connectivity index is 1.83. The number of nitrogens with zero attached hydrogens (tertiary/aromatic N) is 3. The third kappa shape index (κ3) is 5.70. The first-order valence-corrected chi connectivity index (χ1v) is 12.3. The van der Waals surface area contributed by atoms with Gasteiger partial charge in [0.1, 0.15) is 28.4 Å². The summed E-state index contributed by atoms with van der Waals surface area (Å²) in [6.07, 6.45) is 1.26. The molecule has 1 aromatic carbocycles. The second-order valence-corrected chi connectivity index (χ2v) is 11.2. The number of aromatic nitrogens is 2. The van der Waals surface area contributed by atoms with Crippen LogP contribution in [0.3, 0.4) is 0 Å². The molecule has 0 aliphatic carbocycles. The lowest BCUT2D eigenvalue weighted by molar-refractivity contribution is 0.0292. The number of rotatable bonds is 3. The maximum absolute atomic E-state index is 14.2. The fourth-order valence-electron chi connectivity index (χ4n) is 4.54. The summed E-state index contributed by atoms with van der Waals surface area (Å²) in [7, 11) is 1.52. The molecule has 4 rings (SSSR count). The van der Waals surface area contributed by atoms with E-state index in [0.717, 1.165) is 0 Å². The van der Waals surface area contributed by atoms with Crippen molar-refractivity contribution in [1.29, 1.82) is 0 Å². The highest BCUT2D eigenvalue weighted by Crippen LogP contribution is 2.39. The molecule has 1 unspecified atom stereocenters. The maximum atomic E-state index is 14.2. The number of hydrogen-bond donors (Lipinski definition) is 0. The molecule has 0 saturated carbocycles. The molecule has 8 nitrogen and oxygen atoms in total. The molecule has 3 heterocycles. The molecular formula is C28H34FN3O5. The summed E-state index contributed by atoms with van der Waals surface area (Å²) in [5.74, 6) is -0.0646. The number of methoxy groups -OCH3 is 1. The van der Waals surface area contributed by atoms with E-state index < -0.39 is 29.2 Å². The van der Waals surface area contributed by atoms with E-state index in [2.05, 4.69) is 4.98 Å². The lowest BCUT2D eigenvalue weighted by Crippen LogP contribution is -2.35. The number of pyridine rings is 1. The topological polar surface area (TPSA) is 82.9 Å². The zero-order chi connectivity index (χ0) is 27.1. The quantitative estimate of drug-likeness (QED) is 0.407. The van der Waals surface area contributed by atoms with E-state index in [1.165, 1.54) is 23.8 Å². The molecule has 1 saturated heterocycles. The molecule has 9 heteroatoms. The molecule has 1 amide bonds. The van der Waals surface area contributed by atoms with Crippen molar-refractivity contribution in [1.82, 2.24) is 14.5 Å². The average molecular weight is 512 g/mol. The minimum Gasteiger partial charge on any atom is -0.496 e. The first kappa shape index (κ1) is 26.4. The number of carbonyl (C=O) groups excluding carboxylic acids is 2. The van der Waals surface area contributed by atoms with E-state index in [0.29, 0.717) is 53.1 Å². The molecule has 0 N–H and O–H groups in total. The molecule has 1 aliphatic rings. The van der Waals surface area contributed by atoms with Crippen molar-refractivity contribution in [2.24, 2.45) is 0 Å². The van der Waals surface area contributed by atoms with Gasteiger partial charge in [0.25, 0.3) is 0 Å². The van der Waals surface area contributed by atoms with Crippen LogP contribution >= 0.6 is 0 Å². The van der Waals surface area contributed by atoms with Crippen LogP contribution in [0.1, 0.15) is 59.6 Å². The fourth-order valence-corrected chi connectivity index (χ4v) is 4.54. The average Bonchev–Trinajstić information content (AvgIpc) is 3.41. The number of ether oxygens (including phenoxy) is 3. The number of halogens is 1. The summed E-state index contributed by atoms with van der Waals surface area (Å²) < 4.78 is 32.5. The highest BCUT2D eigenvalue weighted by Gasteiger charge is 2.35. The van der Waals surface area contributed by atoms with Crippen LogP contribution in [0.15, 0.2) is 36.5 Å². The van der Waals surface area contributed by atoms with Crippen molar-refractivity contribution in [3.63, 3.8) is 0 Å². The Morgan fingerprint density at radius 1 is 0.973 bits per heavy atom. The minimum atomic E-state index is -0.730. The molecule has 1 aliphatic heterocycles. The second-order valence-electron chi connectivity index (χ2n) is 11.2. The minimum absolute atomic E-state index is 0.156. The molecule has 0 radical (unpaired) electrons. The number of amides is 1. The Kier molecular flexibility index (Phi) is 6.92. The zero-order valence-electron chi connectivity index (χ0n) is 22.4. The Morgan fingerprint density at radius 3 is 2.30 bits per heavy atom. The van der Waals surface area contributed by atoms with Crippen molar-refractivity contribution in [2.45, 2.75) is 65.1 Å². The second kappa shape index (κ2) is 9.68. The van der Waals surface area contributed by atoms with Crippen molar-refractivity contribution >= 4 is 23.2 Å². The lowest BCUT2D eigenvalue weighted by atomic mass is 10.0. The van der Waals surface area contributed by atoms with E-state index >= 15 is 0 Å². The number of carbonyl (C=O) groups is 2. The highest BCUT2D eigenvalue weighted by molar-refractivity contribution is 5.99. The Bertz CT molecular complexity index is 1340. The van der Waals surface area contributed by atoms with Gasteiger partial charge in [0.05, 0.1) is 7.11 Å². The van der Waals surface area contributed by atoms with Crippen molar-refractivity contribution in [3.05, 3.63) is 48.0 Å². The van der Waals surface area contributed by atoms with Crippen LogP contribution in [0.5, 0.6) is 5.75 Å². The van der Waals surface area contributed by atoms with E-state index in [9.17, 15) is 14.0 Å². The van der Waals surface area contributed by atoms with E-state index in [1.54, 1.807) is 44.0 Å². The summed E-state index contributed by atoms with van der Waals surface area (Å²) in [5, 5.41) is 0.656. The van der Waals surface area contributed by atoms with Gasteiger partial charge in [-0.3, -0.25) is 0 Å². The smallest absolute Gasteiger partial charge is 0.420 e. The highest BCUT2D eigenvalue weighted by atomic mass is 19.1. The molecule has 3 aromatic rings. The normalized spacial score (nSPS) is 16.2. The fraction of sp³-hybridized carbons (Fsp3) is 0.464. The third-order valence-corrected chi connectivity index (χ3v) is 6.02. The monoisotopic (exact) mass is 511 g/mol.